The Bertz CT molecular complexity index is 624. The van der Waals surface area contributed by atoms with Gasteiger partial charge in [-0.3, -0.25) is 9.89 Å². The molecule has 0 saturated carbocycles. The molecule has 0 bridgehead atoms. The Kier molecular flexibility index (Phi) is 3.96. The third kappa shape index (κ3) is 3.00. The van der Waals surface area contributed by atoms with Gasteiger partial charge in [0.25, 0.3) is 5.91 Å². The van der Waals surface area contributed by atoms with E-state index in [1.807, 2.05) is 6.07 Å². The van der Waals surface area contributed by atoms with Crippen molar-refractivity contribution in [1.29, 1.82) is 0 Å². The number of esters is 1. The van der Waals surface area contributed by atoms with Crippen LogP contribution in [0.25, 0.3) is 0 Å². The molecule has 2 aromatic rings. The van der Waals surface area contributed by atoms with Gasteiger partial charge in [0.05, 0.1) is 19.0 Å². The first-order chi connectivity index (χ1) is 9.11. The van der Waals surface area contributed by atoms with Crippen LogP contribution in [-0.2, 0) is 4.74 Å². The molecule has 1 aromatic heterocycles. The summed E-state index contributed by atoms with van der Waals surface area (Å²) in [6.07, 6.45) is 1.35. The molecule has 7 heteroatoms. The van der Waals surface area contributed by atoms with Crippen LogP contribution in [0.3, 0.4) is 0 Å². The fourth-order valence-corrected chi connectivity index (χ4v) is 1.86. The van der Waals surface area contributed by atoms with Crippen molar-refractivity contribution >= 4 is 33.5 Å². The summed E-state index contributed by atoms with van der Waals surface area (Å²) < 4.78 is 5.36. The van der Waals surface area contributed by atoms with Gasteiger partial charge in [-0.05, 0) is 18.2 Å². The van der Waals surface area contributed by atoms with E-state index in [4.69, 9.17) is 0 Å². The van der Waals surface area contributed by atoms with Crippen LogP contribution >= 0.6 is 15.9 Å². The summed E-state index contributed by atoms with van der Waals surface area (Å²) in [4.78, 5) is 23.4. The van der Waals surface area contributed by atoms with Crippen molar-refractivity contribution in [2.24, 2.45) is 0 Å². The van der Waals surface area contributed by atoms with Crippen molar-refractivity contribution in [2.45, 2.75) is 0 Å². The van der Waals surface area contributed by atoms with E-state index in [2.05, 4.69) is 36.2 Å². The second-order valence-electron chi connectivity index (χ2n) is 3.61. The number of benzene rings is 1. The number of anilines is 1. The molecule has 1 aromatic carbocycles. The lowest BCUT2D eigenvalue weighted by Crippen LogP contribution is -2.14. The molecule has 0 aliphatic rings. The summed E-state index contributed by atoms with van der Waals surface area (Å²) in [5.74, 6) is -0.935. The second kappa shape index (κ2) is 5.66. The number of nitrogens with one attached hydrogen (secondary N) is 2. The average Bonchev–Trinajstić information content (AvgIpc) is 2.86. The molecule has 0 unspecified atom stereocenters. The van der Waals surface area contributed by atoms with Gasteiger partial charge in [-0.15, -0.1) is 0 Å². The molecular formula is C12H10BrN3O3. The molecule has 98 valence electrons. The number of nitrogens with zero attached hydrogens (tertiary/aromatic N) is 1. The van der Waals surface area contributed by atoms with Crippen molar-refractivity contribution in [3.8, 4) is 0 Å². The number of carbonyl (C=O) groups excluding carboxylic acids is 2. The number of aromatic amines is 1. The van der Waals surface area contributed by atoms with Crippen LogP contribution in [-0.4, -0.2) is 29.2 Å². The predicted molar refractivity (Wildman–Crippen MR) is 72.0 cm³/mol. The van der Waals surface area contributed by atoms with Crippen molar-refractivity contribution < 1.29 is 14.3 Å². The predicted octanol–water partition coefficient (Wildman–Crippen LogP) is 2.21. The van der Waals surface area contributed by atoms with Gasteiger partial charge in [0.1, 0.15) is 0 Å². The SMILES string of the molecule is COC(=O)c1[nH]ncc1NC(=O)c1cccc(Br)c1. The minimum Gasteiger partial charge on any atom is -0.464 e. The number of H-pyrrole nitrogens is 1. The summed E-state index contributed by atoms with van der Waals surface area (Å²) in [7, 11) is 1.25. The summed E-state index contributed by atoms with van der Waals surface area (Å²) in [6.45, 7) is 0. The van der Waals surface area contributed by atoms with Gasteiger partial charge in [-0.25, -0.2) is 4.79 Å². The molecule has 1 heterocycles. The van der Waals surface area contributed by atoms with Gasteiger partial charge in [0.2, 0.25) is 0 Å². The van der Waals surface area contributed by atoms with Crippen LogP contribution in [0.1, 0.15) is 20.8 Å². The monoisotopic (exact) mass is 323 g/mol. The summed E-state index contributed by atoms with van der Waals surface area (Å²) in [5, 5.41) is 8.78. The Morgan fingerprint density at radius 2 is 2.21 bits per heavy atom. The number of amides is 1. The zero-order chi connectivity index (χ0) is 13.8. The number of carbonyl (C=O) groups is 2. The van der Waals surface area contributed by atoms with Crippen molar-refractivity contribution in [3.05, 3.63) is 46.2 Å². The highest BCUT2D eigenvalue weighted by molar-refractivity contribution is 9.10. The number of ether oxygens (including phenoxy) is 1. The zero-order valence-corrected chi connectivity index (χ0v) is 11.5. The van der Waals surface area contributed by atoms with Gasteiger partial charge in [0.15, 0.2) is 5.69 Å². The number of hydrogen-bond acceptors (Lipinski definition) is 4. The third-order valence-corrected chi connectivity index (χ3v) is 2.86. The van der Waals surface area contributed by atoms with Crippen LogP contribution in [0, 0.1) is 0 Å². The Labute approximate surface area is 117 Å². The highest BCUT2D eigenvalue weighted by Gasteiger charge is 2.16. The van der Waals surface area contributed by atoms with E-state index in [1.165, 1.54) is 13.3 Å². The van der Waals surface area contributed by atoms with E-state index in [1.54, 1.807) is 18.2 Å². The molecule has 19 heavy (non-hydrogen) atoms. The van der Waals surface area contributed by atoms with Crippen molar-refractivity contribution in [1.82, 2.24) is 10.2 Å². The Morgan fingerprint density at radius 1 is 1.42 bits per heavy atom. The topological polar surface area (TPSA) is 84.1 Å². The maximum absolute atomic E-state index is 12.0. The molecule has 2 N–H and O–H groups in total. The van der Waals surface area contributed by atoms with Gasteiger partial charge >= 0.3 is 5.97 Å². The van der Waals surface area contributed by atoms with E-state index in [9.17, 15) is 9.59 Å². The van der Waals surface area contributed by atoms with E-state index in [0.29, 0.717) is 5.56 Å². The molecule has 1 amide bonds. The van der Waals surface area contributed by atoms with Crippen LogP contribution in [0.4, 0.5) is 5.69 Å². The van der Waals surface area contributed by atoms with E-state index < -0.39 is 5.97 Å². The first-order valence-corrected chi connectivity index (χ1v) is 6.09. The minimum absolute atomic E-state index is 0.103. The number of rotatable bonds is 3. The molecule has 0 fully saturated rings. The molecule has 0 spiro atoms. The van der Waals surface area contributed by atoms with Crippen LogP contribution in [0.2, 0.25) is 0 Å². The fourth-order valence-electron chi connectivity index (χ4n) is 1.46. The fraction of sp³-hybridized carbons (Fsp3) is 0.0833. The smallest absolute Gasteiger partial charge is 0.358 e. The maximum atomic E-state index is 12.0. The molecule has 0 saturated heterocycles. The first kappa shape index (κ1) is 13.3. The van der Waals surface area contributed by atoms with Crippen molar-refractivity contribution in [2.75, 3.05) is 12.4 Å². The molecule has 0 aliphatic carbocycles. The van der Waals surface area contributed by atoms with Gasteiger partial charge < -0.3 is 10.1 Å². The summed E-state index contributed by atoms with van der Waals surface area (Å²) in [5.41, 5.74) is 0.842. The molecular weight excluding hydrogens is 314 g/mol. The van der Waals surface area contributed by atoms with Crippen LogP contribution < -0.4 is 5.32 Å². The number of halogens is 1. The average molecular weight is 324 g/mol. The lowest BCUT2D eigenvalue weighted by Gasteiger charge is -2.05. The lowest BCUT2D eigenvalue weighted by atomic mass is 10.2. The highest BCUT2D eigenvalue weighted by atomic mass is 79.9. The van der Waals surface area contributed by atoms with Crippen LogP contribution in [0.5, 0.6) is 0 Å². The van der Waals surface area contributed by atoms with Crippen LogP contribution in [0.15, 0.2) is 34.9 Å². The quantitative estimate of drug-likeness (QED) is 0.848. The van der Waals surface area contributed by atoms with E-state index in [-0.39, 0.29) is 17.3 Å². The second-order valence-corrected chi connectivity index (χ2v) is 4.53. The number of methoxy groups -OCH3 is 1. The Morgan fingerprint density at radius 3 is 2.89 bits per heavy atom. The number of aromatic nitrogens is 2. The normalized spacial score (nSPS) is 10.0. The lowest BCUT2D eigenvalue weighted by molar-refractivity contribution is 0.0595. The first-order valence-electron chi connectivity index (χ1n) is 5.30. The Hall–Kier alpha value is -2.15. The highest BCUT2D eigenvalue weighted by Crippen LogP contribution is 2.16. The van der Waals surface area contributed by atoms with Crippen molar-refractivity contribution in [3.63, 3.8) is 0 Å². The zero-order valence-electron chi connectivity index (χ0n) is 9.94. The minimum atomic E-state index is -0.595. The van der Waals surface area contributed by atoms with Gasteiger partial charge in [-0.2, -0.15) is 5.10 Å². The Balaban J connectivity index is 2.20. The molecule has 2 rings (SSSR count). The van der Waals surface area contributed by atoms with Gasteiger partial charge in [0, 0.05) is 10.0 Å². The standard InChI is InChI=1S/C12H10BrN3O3/c1-19-12(18)10-9(6-14-16-10)15-11(17)7-3-2-4-8(13)5-7/h2-6H,1H3,(H,14,16)(H,15,17). The molecule has 0 aliphatic heterocycles. The maximum Gasteiger partial charge on any atom is 0.358 e. The number of hydrogen-bond donors (Lipinski definition) is 2. The molecule has 0 radical (unpaired) electrons. The largest absolute Gasteiger partial charge is 0.464 e. The summed E-state index contributed by atoms with van der Waals surface area (Å²) in [6, 6.07) is 6.90. The third-order valence-electron chi connectivity index (χ3n) is 2.36. The molecule has 6 nitrogen and oxygen atoms in total. The van der Waals surface area contributed by atoms with E-state index in [0.717, 1.165) is 4.47 Å². The molecule has 0 atom stereocenters. The van der Waals surface area contributed by atoms with Gasteiger partial charge in [-0.1, -0.05) is 22.0 Å². The van der Waals surface area contributed by atoms with E-state index >= 15 is 0 Å². The summed E-state index contributed by atoms with van der Waals surface area (Å²) >= 11 is 3.28.